The Kier molecular flexibility index (Phi) is 8.41. The first-order valence-electron chi connectivity index (χ1n) is 9.85. The molecule has 1 N–H and O–H groups in total. The summed E-state index contributed by atoms with van der Waals surface area (Å²) in [6.07, 6.45) is 0. The van der Waals surface area contributed by atoms with Crippen molar-refractivity contribution in [1.82, 2.24) is 4.90 Å². The third-order valence-electron chi connectivity index (χ3n) is 4.66. The molecule has 0 aliphatic heterocycles. The van der Waals surface area contributed by atoms with E-state index in [-0.39, 0.29) is 0 Å². The molecule has 3 aromatic carbocycles. The summed E-state index contributed by atoms with van der Waals surface area (Å²) in [4.78, 5) is 2.02. The van der Waals surface area contributed by atoms with Gasteiger partial charge in [0.15, 0.2) is 5.11 Å². The Bertz CT molecular complexity index is 1010. The molecule has 7 heteroatoms. The van der Waals surface area contributed by atoms with Crippen LogP contribution in [0.5, 0.6) is 11.5 Å². The zero-order chi connectivity index (χ0) is 22.2. The minimum Gasteiger partial charge on any atom is -0.497 e. The fourth-order valence-electron chi connectivity index (χ4n) is 3.07. The minimum absolute atomic E-state index is 0.452. The summed E-state index contributed by atoms with van der Waals surface area (Å²) >= 11 is 18.7. The summed E-state index contributed by atoms with van der Waals surface area (Å²) in [5, 5.41) is 5.06. The molecule has 0 saturated heterocycles. The lowest BCUT2D eigenvalue weighted by Gasteiger charge is -2.27. The normalized spacial score (nSPS) is 10.5. The molecule has 4 nitrogen and oxygen atoms in total. The lowest BCUT2D eigenvalue weighted by atomic mass is 10.1. The van der Waals surface area contributed by atoms with Crippen LogP contribution in [-0.2, 0) is 13.1 Å². The summed E-state index contributed by atoms with van der Waals surface area (Å²) in [6.45, 7) is 3.53. The average molecular weight is 475 g/mol. The molecule has 0 unspecified atom stereocenters. The van der Waals surface area contributed by atoms with Gasteiger partial charge >= 0.3 is 0 Å². The SMILES string of the molecule is CCOc1ccccc1NC(=S)N(Cc1ccc(OC)cc1)Cc1c(Cl)cccc1Cl. The van der Waals surface area contributed by atoms with Crippen molar-refractivity contribution < 1.29 is 9.47 Å². The lowest BCUT2D eigenvalue weighted by molar-refractivity contribution is 0.342. The summed E-state index contributed by atoms with van der Waals surface area (Å²) in [7, 11) is 1.65. The molecule has 31 heavy (non-hydrogen) atoms. The highest BCUT2D eigenvalue weighted by Crippen LogP contribution is 2.28. The van der Waals surface area contributed by atoms with E-state index in [0.717, 1.165) is 28.3 Å². The average Bonchev–Trinajstić information content (AvgIpc) is 2.77. The molecule has 0 aromatic heterocycles. The van der Waals surface area contributed by atoms with Crippen LogP contribution in [0.1, 0.15) is 18.1 Å². The smallest absolute Gasteiger partial charge is 0.174 e. The van der Waals surface area contributed by atoms with Crippen molar-refractivity contribution in [3.05, 3.63) is 87.9 Å². The Morgan fingerprint density at radius 1 is 0.935 bits per heavy atom. The number of hydrogen-bond acceptors (Lipinski definition) is 3. The van der Waals surface area contributed by atoms with Crippen LogP contribution in [0.15, 0.2) is 66.7 Å². The van der Waals surface area contributed by atoms with Crippen molar-refractivity contribution in [1.29, 1.82) is 0 Å². The highest BCUT2D eigenvalue weighted by Gasteiger charge is 2.17. The van der Waals surface area contributed by atoms with Crippen LogP contribution < -0.4 is 14.8 Å². The van der Waals surface area contributed by atoms with E-state index in [1.807, 2.05) is 78.6 Å². The van der Waals surface area contributed by atoms with Crippen molar-refractivity contribution in [3.8, 4) is 11.5 Å². The van der Waals surface area contributed by atoms with Crippen LogP contribution in [0.4, 0.5) is 5.69 Å². The Labute approximate surface area is 198 Å². The molecule has 0 saturated carbocycles. The number of halogens is 2. The van der Waals surface area contributed by atoms with Gasteiger partial charge in [-0.2, -0.15) is 0 Å². The van der Waals surface area contributed by atoms with Crippen LogP contribution >= 0.6 is 35.4 Å². The minimum atomic E-state index is 0.452. The van der Waals surface area contributed by atoms with Gasteiger partial charge in [-0.25, -0.2) is 0 Å². The topological polar surface area (TPSA) is 33.7 Å². The fourth-order valence-corrected chi connectivity index (χ4v) is 3.83. The van der Waals surface area contributed by atoms with Crippen LogP contribution in [0.25, 0.3) is 0 Å². The molecule has 3 aromatic rings. The van der Waals surface area contributed by atoms with E-state index in [0.29, 0.717) is 34.9 Å². The van der Waals surface area contributed by atoms with E-state index >= 15 is 0 Å². The Morgan fingerprint density at radius 2 is 1.61 bits per heavy atom. The van der Waals surface area contributed by atoms with Crippen LogP contribution in [-0.4, -0.2) is 23.7 Å². The molecule has 0 heterocycles. The van der Waals surface area contributed by atoms with E-state index in [2.05, 4.69) is 5.32 Å². The standard InChI is InChI=1S/C24H24Cl2N2O2S/c1-3-30-23-10-5-4-9-22(23)27-24(31)28(15-17-11-13-18(29-2)14-12-17)16-19-20(25)7-6-8-21(19)26/h4-14H,3,15-16H2,1-2H3,(H,27,31). The van der Waals surface area contributed by atoms with E-state index in [9.17, 15) is 0 Å². The van der Waals surface area contributed by atoms with Gasteiger partial charge in [0.05, 0.1) is 19.4 Å². The van der Waals surface area contributed by atoms with Gasteiger partial charge < -0.3 is 19.7 Å². The second-order valence-corrected chi connectivity index (χ2v) is 7.96. The summed E-state index contributed by atoms with van der Waals surface area (Å²) in [5.74, 6) is 1.54. The Morgan fingerprint density at radius 3 is 2.26 bits per heavy atom. The first-order chi connectivity index (χ1) is 15.0. The van der Waals surface area contributed by atoms with Crippen molar-refractivity contribution >= 4 is 46.2 Å². The number of nitrogens with one attached hydrogen (secondary N) is 1. The molecule has 0 aliphatic rings. The third kappa shape index (κ3) is 6.26. The van der Waals surface area contributed by atoms with Crippen molar-refractivity contribution in [2.45, 2.75) is 20.0 Å². The number of ether oxygens (including phenoxy) is 2. The number of anilines is 1. The predicted octanol–water partition coefficient (Wildman–Crippen LogP) is 6.80. The Hall–Kier alpha value is -2.47. The molecule has 0 amide bonds. The molecule has 0 spiro atoms. The van der Waals surface area contributed by atoms with Gasteiger partial charge in [0.2, 0.25) is 0 Å². The number of benzene rings is 3. The molecular formula is C24H24Cl2N2O2S. The molecular weight excluding hydrogens is 451 g/mol. The first-order valence-corrected chi connectivity index (χ1v) is 11.0. The van der Waals surface area contributed by atoms with Crippen molar-refractivity contribution in [3.63, 3.8) is 0 Å². The number of methoxy groups -OCH3 is 1. The van der Waals surface area contributed by atoms with Crippen molar-refractivity contribution in [2.24, 2.45) is 0 Å². The zero-order valence-electron chi connectivity index (χ0n) is 17.4. The molecule has 0 bridgehead atoms. The maximum Gasteiger partial charge on any atom is 0.174 e. The van der Waals surface area contributed by atoms with Gasteiger partial charge in [-0.1, -0.05) is 53.5 Å². The number of nitrogens with zero attached hydrogens (tertiary/aromatic N) is 1. The van der Waals surface area contributed by atoms with E-state index in [1.165, 1.54) is 0 Å². The fraction of sp³-hybridized carbons (Fsp3) is 0.208. The molecule has 0 fully saturated rings. The van der Waals surface area contributed by atoms with E-state index in [1.54, 1.807) is 7.11 Å². The summed E-state index contributed by atoms with van der Waals surface area (Å²) in [6, 6.07) is 21.1. The van der Waals surface area contributed by atoms with Gasteiger partial charge in [-0.15, -0.1) is 0 Å². The highest BCUT2D eigenvalue weighted by atomic mass is 35.5. The zero-order valence-corrected chi connectivity index (χ0v) is 19.7. The molecule has 3 rings (SSSR count). The number of para-hydroxylation sites is 2. The first kappa shape index (κ1) is 23.2. The summed E-state index contributed by atoms with van der Waals surface area (Å²) in [5.41, 5.74) is 2.70. The van der Waals surface area contributed by atoms with Crippen LogP contribution in [0.3, 0.4) is 0 Å². The second kappa shape index (κ2) is 11.2. The second-order valence-electron chi connectivity index (χ2n) is 6.76. The quantitative estimate of drug-likeness (QED) is 0.363. The van der Waals surface area contributed by atoms with E-state index < -0.39 is 0 Å². The van der Waals surface area contributed by atoms with Gasteiger partial charge in [0, 0.05) is 28.7 Å². The molecule has 0 radical (unpaired) electrons. The van der Waals surface area contributed by atoms with Gasteiger partial charge in [-0.05, 0) is 61.1 Å². The number of hydrogen-bond donors (Lipinski definition) is 1. The summed E-state index contributed by atoms with van der Waals surface area (Å²) < 4.78 is 11.0. The van der Waals surface area contributed by atoms with Crippen molar-refractivity contribution in [2.75, 3.05) is 19.0 Å². The highest BCUT2D eigenvalue weighted by molar-refractivity contribution is 7.80. The van der Waals surface area contributed by atoms with Gasteiger partial charge in [0.25, 0.3) is 0 Å². The molecule has 0 atom stereocenters. The molecule has 0 aliphatic carbocycles. The maximum atomic E-state index is 6.44. The van der Waals surface area contributed by atoms with E-state index in [4.69, 9.17) is 44.9 Å². The van der Waals surface area contributed by atoms with Crippen LogP contribution in [0, 0.1) is 0 Å². The van der Waals surface area contributed by atoms with Gasteiger partial charge in [-0.3, -0.25) is 0 Å². The molecule has 162 valence electrons. The number of thiocarbonyl (C=S) groups is 1. The predicted molar refractivity (Wildman–Crippen MR) is 133 cm³/mol. The third-order valence-corrected chi connectivity index (χ3v) is 5.73. The monoisotopic (exact) mass is 474 g/mol. The lowest BCUT2D eigenvalue weighted by Crippen LogP contribution is -2.34. The largest absolute Gasteiger partial charge is 0.497 e. The van der Waals surface area contributed by atoms with Crippen LogP contribution in [0.2, 0.25) is 10.0 Å². The Balaban J connectivity index is 1.87. The number of rotatable bonds is 8. The maximum absolute atomic E-state index is 6.44. The van der Waals surface area contributed by atoms with Gasteiger partial charge in [0.1, 0.15) is 11.5 Å².